The van der Waals surface area contributed by atoms with E-state index in [0.717, 1.165) is 40.5 Å². The molecule has 2 heterocycles. The number of nitrogens with one attached hydrogen (secondary N) is 1. The molecule has 23 heavy (non-hydrogen) atoms. The van der Waals surface area contributed by atoms with E-state index < -0.39 is 0 Å². The van der Waals surface area contributed by atoms with Gasteiger partial charge >= 0.3 is 0 Å². The Morgan fingerprint density at radius 2 is 2.13 bits per heavy atom. The smallest absolute Gasteiger partial charge is 0.193 e. The summed E-state index contributed by atoms with van der Waals surface area (Å²) in [7, 11) is 5.79. The van der Waals surface area contributed by atoms with Crippen molar-refractivity contribution in [1.82, 2.24) is 14.8 Å². The van der Waals surface area contributed by atoms with Gasteiger partial charge in [-0.05, 0) is 24.6 Å². The van der Waals surface area contributed by atoms with Crippen molar-refractivity contribution in [3.63, 3.8) is 0 Å². The summed E-state index contributed by atoms with van der Waals surface area (Å²) in [5.74, 6) is 0.861. The molecule has 2 rings (SSSR count). The Balaban J connectivity index is 0.00000264. The van der Waals surface area contributed by atoms with Crippen LogP contribution in [0.3, 0.4) is 0 Å². The molecule has 0 radical (unpaired) electrons. The molecule has 4 nitrogen and oxygen atoms in total. The number of guanidine groups is 1. The molecule has 0 saturated heterocycles. The number of aryl methyl sites for hydroxylation is 1. The zero-order valence-corrected chi connectivity index (χ0v) is 18.0. The molecule has 0 fully saturated rings. The first-order chi connectivity index (χ1) is 10.5. The summed E-state index contributed by atoms with van der Waals surface area (Å²) in [5, 5.41) is 4.12. The first-order valence-corrected chi connectivity index (χ1v) is 8.53. The normalized spacial score (nSPS) is 11.3. The second-order valence-electron chi connectivity index (χ2n) is 5.05. The number of aliphatic imine (C=N–C) groups is 1. The second kappa shape index (κ2) is 9.76. The largest absolute Gasteiger partial charge is 0.356 e. The summed E-state index contributed by atoms with van der Waals surface area (Å²) < 4.78 is 2.86. The predicted octanol–water partition coefficient (Wildman–Crippen LogP) is 4.26. The van der Waals surface area contributed by atoms with Crippen molar-refractivity contribution in [2.75, 3.05) is 20.6 Å². The fourth-order valence-corrected chi connectivity index (χ4v) is 3.57. The fraction of sp³-hybridized carbons (Fsp3) is 0.400. The molecule has 0 aliphatic heterocycles. The minimum Gasteiger partial charge on any atom is -0.356 e. The zero-order valence-electron chi connectivity index (χ0n) is 13.3. The van der Waals surface area contributed by atoms with E-state index in [1.54, 1.807) is 18.4 Å². The van der Waals surface area contributed by atoms with Gasteiger partial charge in [-0.3, -0.25) is 4.99 Å². The predicted molar refractivity (Wildman–Crippen MR) is 112 cm³/mol. The van der Waals surface area contributed by atoms with Crippen LogP contribution < -0.4 is 5.32 Å². The lowest BCUT2D eigenvalue weighted by Gasteiger charge is -2.22. The SMILES string of the molecule is CN=C(NCCc1ccc(Cl)s1)N(C)Cc1cc(Cl)cn1C.I. The number of aromatic nitrogens is 1. The molecular formula is C15H21Cl2IN4S. The monoisotopic (exact) mass is 486 g/mol. The van der Waals surface area contributed by atoms with Gasteiger partial charge in [0.25, 0.3) is 0 Å². The van der Waals surface area contributed by atoms with Gasteiger partial charge in [-0.15, -0.1) is 35.3 Å². The maximum Gasteiger partial charge on any atom is 0.193 e. The Morgan fingerprint density at radius 3 is 2.65 bits per heavy atom. The number of halogens is 3. The quantitative estimate of drug-likeness (QED) is 0.389. The van der Waals surface area contributed by atoms with Crippen molar-refractivity contribution in [2.45, 2.75) is 13.0 Å². The number of hydrogen-bond donors (Lipinski definition) is 1. The first kappa shape index (κ1) is 20.6. The summed E-state index contributed by atoms with van der Waals surface area (Å²) in [6.07, 6.45) is 2.84. The van der Waals surface area contributed by atoms with Gasteiger partial charge in [0.15, 0.2) is 5.96 Å². The highest BCUT2D eigenvalue weighted by atomic mass is 127. The molecule has 128 valence electrons. The van der Waals surface area contributed by atoms with Crippen LogP contribution in [-0.2, 0) is 20.0 Å². The molecule has 0 saturated carbocycles. The Hall–Kier alpha value is -0.440. The third-order valence-electron chi connectivity index (χ3n) is 3.33. The van der Waals surface area contributed by atoms with E-state index in [4.69, 9.17) is 23.2 Å². The van der Waals surface area contributed by atoms with Crippen LogP contribution in [0.1, 0.15) is 10.6 Å². The van der Waals surface area contributed by atoms with E-state index in [1.807, 2.05) is 37.0 Å². The zero-order chi connectivity index (χ0) is 16.1. The van der Waals surface area contributed by atoms with Gasteiger partial charge in [0, 0.05) is 44.5 Å². The highest BCUT2D eigenvalue weighted by Crippen LogP contribution is 2.21. The average molecular weight is 487 g/mol. The van der Waals surface area contributed by atoms with E-state index in [0.29, 0.717) is 0 Å². The molecule has 8 heteroatoms. The molecule has 0 amide bonds. The summed E-state index contributed by atoms with van der Waals surface area (Å²) in [6, 6.07) is 5.97. The molecule has 1 N–H and O–H groups in total. The van der Waals surface area contributed by atoms with E-state index in [1.165, 1.54) is 4.88 Å². The maximum atomic E-state index is 6.02. The molecule has 2 aromatic rings. The molecule has 0 aliphatic carbocycles. The van der Waals surface area contributed by atoms with Gasteiger partial charge in [0.1, 0.15) is 0 Å². The van der Waals surface area contributed by atoms with Crippen LogP contribution >= 0.6 is 58.5 Å². The van der Waals surface area contributed by atoms with Crippen LogP contribution in [0, 0.1) is 0 Å². The van der Waals surface area contributed by atoms with Crippen LogP contribution in [-0.4, -0.2) is 36.1 Å². The van der Waals surface area contributed by atoms with E-state index in [2.05, 4.69) is 21.3 Å². The van der Waals surface area contributed by atoms with Crippen LogP contribution in [0.4, 0.5) is 0 Å². The lowest BCUT2D eigenvalue weighted by molar-refractivity contribution is 0.462. The van der Waals surface area contributed by atoms with Crippen molar-refractivity contribution < 1.29 is 0 Å². The number of thiophene rings is 1. The number of rotatable bonds is 5. The van der Waals surface area contributed by atoms with Crippen molar-refractivity contribution in [3.05, 3.63) is 44.3 Å². The molecule has 0 spiro atoms. The topological polar surface area (TPSA) is 32.6 Å². The summed E-state index contributed by atoms with van der Waals surface area (Å²) in [6.45, 7) is 1.56. The molecule has 0 bridgehead atoms. The average Bonchev–Trinajstić information content (AvgIpc) is 3.01. The van der Waals surface area contributed by atoms with E-state index in [9.17, 15) is 0 Å². The van der Waals surface area contributed by atoms with Crippen LogP contribution in [0.15, 0.2) is 29.4 Å². The van der Waals surface area contributed by atoms with Gasteiger partial charge < -0.3 is 14.8 Å². The first-order valence-electron chi connectivity index (χ1n) is 6.96. The Morgan fingerprint density at radius 1 is 1.39 bits per heavy atom. The molecular weight excluding hydrogens is 466 g/mol. The van der Waals surface area contributed by atoms with Crippen molar-refractivity contribution >= 4 is 64.5 Å². The summed E-state index contributed by atoms with van der Waals surface area (Å²) in [5.41, 5.74) is 1.14. The van der Waals surface area contributed by atoms with Crippen LogP contribution in [0.25, 0.3) is 0 Å². The van der Waals surface area contributed by atoms with E-state index in [-0.39, 0.29) is 24.0 Å². The highest BCUT2D eigenvalue weighted by molar-refractivity contribution is 14.0. The molecule has 2 aromatic heterocycles. The third-order valence-corrected chi connectivity index (χ3v) is 4.83. The van der Waals surface area contributed by atoms with Crippen LogP contribution in [0.2, 0.25) is 9.36 Å². The van der Waals surface area contributed by atoms with E-state index >= 15 is 0 Å². The van der Waals surface area contributed by atoms with Crippen molar-refractivity contribution in [3.8, 4) is 0 Å². The Labute approximate surface area is 168 Å². The highest BCUT2D eigenvalue weighted by Gasteiger charge is 2.09. The summed E-state index contributed by atoms with van der Waals surface area (Å²) >= 11 is 13.6. The minimum atomic E-state index is 0. The fourth-order valence-electron chi connectivity index (χ4n) is 2.21. The van der Waals surface area contributed by atoms with Gasteiger partial charge in [0.05, 0.1) is 15.9 Å². The number of nitrogens with zero attached hydrogens (tertiary/aromatic N) is 3. The Kier molecular flexibility index (Phi) is 8.74. The maximum absolute atomic E-state index is 6.02. The molecule has 0 unspecified atom stereocenters. The van der Waals surface area contributed by atoms with Gasteiger partial charge in [0.2, 0.25) is 0 Å². The van der Waals surface area contributed by atoms with Gasteiger partial charge in [-0.25, -0.2) is 0 Å². The van der Waals surface area contributed by atoms with Crippen molar-refractivity contribution in [2.24, 2.45) is 12.0 Å². The summed E-state index contributed by atoms with van der Waals surface area (Å²) in [4.78, 5) is 7.67. The van der Waals surface area contributed by atoms with Gasteiger partial charge in [-0.1, -0.05) is 23.2 Å². The molecule has 0 aromatic carbocycles. The molecule has 0 atom stereocenters. The lowest BCUT2D eigenvalue weighted by atomic mass is 10.3. The van der Waals surface area contributed by atoms with Crippen molar-refractivity contribution in [1.29, 1.82) is 0 Å². The molecule has 0 aliphatic rings. The number of hydrogen-bond acceptors (Lipinski definition) is 2. The Bertz CT molecular complexity index is 654. The lowest BCUT2D eigenvalue weighted by Crippen LogP contribution is -2.39. The third kappa shape index (κ3) is 6.17. The standard InChI is InChI=1S/C15H20Cl2N4S.HI/c1-18-15(19-7-6-13-4-5-14(17)22-13)21(3)10-12-8-11(16)9-20(12)2;/h4-5,8-9H,6-7,10H2,1-3H3,(H,18,19);1H. The second-order valence-corrected chi connectivity index (χ2v) is 7.28. The minimum absolute atomic E-state index is 0. The van der Waals surface area contributed by atoms with Crippen LogP contribution in [0.5, 0.6) is 0 Å². The van der Waals surface area contributed by atoms with Gasteiger partial charge in [-0.2, -0.15) is 0 Å².